The van der Waals surface area contributed by atoms with E-state index in [0.29, 0.717) is 112 Å². The molecule has 0 N–H and O–H groups in total. The minimum atomic E-state index is -1.77. The van der Waals surface area contributed by atoms with Gasteiger partial charge in [-0.1, -0.05) is 335 Å². The molecule has 12 aromatic carbocycles. The third-order valence-corrected chi connectivity index (χ3v) is 23.2. The van der Waals surface area contributed by atoms with Crippen LogP contribution in [0.2, 0.25) is 0 Å². The summed E-state index contributed by atoms with van der Waals surface area (Å²) < 4.78 is 0. The summed E-state index contributed by atoms with van der Waals surface area (Å²) in [5.41, 5.74) is 8.32. The van der Waals surface area contributed by atoms with E-state index >= 15 is 0 Å². The first-order valence-electron chi connectivity index (χ1n) is 43.7. The number of para-hydroxylation sites is 8. The Morgan fingerprint density at radius 3 is 0.459 bits per heavy atom. The molecule has 696 valence electrons. The van der Waals surface area contributed by atoms with Crippen molar-refractivity contribution in [3.63, 3.8) is 0 Å². The van der Waals surface area contributed by atoms with E-state index < -0.39 is 50.1 Å². The van der Waals surface area contributed by atoms with Gasteiger partial charge in [-0.15, -0.1) is 23.0 Å². The number of aliphatic imine (C=N–C) groups is 8. The van der Waals surface area contributed by atoms with Crippen molar-refractivity contribution in [3.8, 4) is 46.0 Å². The molecule has 0 aliphatic carbocycles. The van der Waals surface area contributed by atoms with Crippen LogP contribution in [0, 0.1) is 0 Å². The molecule has 12 aromatic rings. The van der Waals surface area contributed by atoms with E-state index in [1.165, 1.54) is 49.1 Å². The van der Waals surface area contributed by atoms with Crippen LogP contribution in [0.1, 0.15) is 277 Å². The van der Waals surface area contributed by atoms with Crippen molar-refractivity contribution < 1.29 is 107 Å². The topological polar surface area (TPSA) is 283 Å². The Labute approximate surface area is 826 Å². The molecule has 0 radical (unpaired) electrons. The van der Waals surface area contributed by atoms with Gasteiger partial charge in [0.1, 0.15) is 0 Å². The Morgan fingerprint density at radius 2 is 0.316 bits per heavy atom. The molecule has 0 amide bonds. The van der Waals surface area contributed by atoms with Gasteiger partial charge in [-0.2, -0.15) is 0 Å². The molecule has 0 saturated carbocycles. The van der Waals surface area contributed by atoms with Crippen LogP contribution in [0.25, 0.3) is 0 Å². The van der Waals surface area contributed by atoms with E-state index in [1.54, 1.807) is 146 Å². The van der Waals surface area contributed by atoms with Crippen molar-refractivity contribution in [2.24, 2.45) is 39.9 Å². The van der Waals surface area contributed by atoms with Crippen molar-refractivity contribution in [3.05, 3.63) is 330 Å². The fourth-order valence-corrected chi connectivity index (χ4v) is 15.3. The van der Waals surface area contributed by atoms with Crippen LogP contribution in [0.5, 0.6) is 46.0 Å². The molecule has 0 aliphatic heterocycles. The molecule has 0 fully saturated rings. The summed E-state index contributed by atoms with van der Waals surface area (Å²) in [4.78, 5) is 39.6. The van der Waals surface area contributed by atoms with Crippen LogP contribution < -0.4 is 40.9 Å². The summed E-state index contributed by atoms with van der Waals surface area (Å²) in [6.45, 7) is 49.3. The van der Waals surface area contributed by atoms with E-state index in [4.69, 9.17) is 39.9 Å². The van der Waals surface area contributed by atoms with Gasteiger partial charge in [0, 0.05) is 49.7 Å². The average Bonchev–Trinajstić information content (AvgIpc) is 0.719. The maximum Gasteiger partial charge on any atom is 2.00 e. The first kappa shape index (κ1) is 107. The number of rotatable bonds is 20. The van der Waals surface area contributed by atoms with Crippen LogP contribution in [0.15, 0.2) is 258 Å². The van der Waals surface area contributed by atoms with Gasteiger partial charge >= 0.3 is 66.0 Å². The minimum Gasteiger partial charge on any atom is -0.872 e. The molecule has 12 rings (SSSR count). The second-order valence-corrected chi connectivity index (χ2v) is 41.5. The van der Waals surface area contributed by atoms with Gasteiger partial charge in [0.05, 0.1) is 50.9 Å². The predicted octanol–water partition coefficient (Wildman–Crippen LogP) is 23.0. The zero-order valence-corrected chi connectivity index (χ0v) is 84.0. The van der Waals surface area contributed by atoms with E-state index in [9.17, 15) is 40.9 Å². The monoisotopic (exact) mass is 1940 g/mol. The third-order valence-electron chi connectivity index (χ3n) is 23.2. The number of benzene rings is 12. The van der Waals surface area contributed by atoms with Crippen LogP contribution in [0.4, 0.5) is 45.5 Å². The van der Waals surface area contributed by atoms with Crippen LogP contribution in [-0.4, -0.2) is 49.7 Å². The van der Waals surface area contributed by atoms with Crippen molar-refractivity contribution in [2.45, 2.75) is 215 Å². The molecule has 0 saturated heterocycles. The number of nitrogens with zero attached hydrogens (tertiary/aromatic N) is 8. The molecule has 0 bridgehead atoms. The van der Waals surface area contributed by atoms with E-state index in [2.05, 4.69) is 83.1 Å². The Hall–Kier alpha value is -11.6. The molecule has 0 atom stereocenters. The standard InChI is InChI=1S/C113H124N8O8.4Ni/c1-105(2,3)81-53-73(101(126)85(57-81)109(13,14)15)65-118-93-37-29-25-33-89(93)114-61-69-49-77(41-45-97(69)122)113(78-42-46-98(123)70(50-78)62-115-90-34-26-30-38-94(90)119-66-74-54-82(106(4,5)6)58-86(102(74)127)110(16,17)18,79-43-47-99(124)71(51-79)63-116-91-35-27-31-39-95(91)120-67-75-55-83(107(7,8)9)59-87(103(75)128)111(19,20)21)80-44-48-100(125)72(52-80)64-117-92-36-28-32-40-96(92)121-68-76-56-84(108(10,11)12)60-88(104(76)129)112(22,23)24;;;;/h25-68,122-129H,1-24H3;;;;/q;4*+2/p-8. The quantitative estimate of drug-likeness (QED) is 0.0400. The third kappa shape index (κ3) is 24.9. The van der Waals surface area contributed by atoms with Crippen molar-refractivity contribution in [1.29, 1.82) is 0 Å². The van der Waals surface area contributed by atoms with E-state index in [-0.39, 0.29) is 133 Å². The zero-order chi connectivity index (χ0) is 94.1. The van der Waals surface area contributed by atoms with Gasteiger partial charge in [0.15, 0.2) is 0 Å². The van der Waals surface area contributed by atoms with Crippen LogP contribution >= 0.6 is 0 Å². The van der Waals surface area contributed by atoms with Crippen LogP contribution in [0.3, 0.4) is 0 Å². The van der Waals surface area contributed by atoms with Crippen LogP contribution in [-0.2, 0) is 115 Å². The second-order valence-electron chi connectivity index (χ2n) is 41.5. The largest absolute Gasteiger partial charge is 2.00 e. The summed E-state index contributed by atoms with van der Waals surface area (Å²) >= 11 is 0. The van der Waals surface area contributed by atoms with Gasteiger partial charge in [0.2, 0.25) is 0 Å². The maximum atomic E-state index is 15.0. The summed E-state index contributed by atoms with van der Waals surface area (Å²) in [5, 5.41) is 117. The molecule has 0 heterocycles. The Kier molecular flexibility index (Phi) is 33.6. The van der Waals surface area contributed by atoms with Gasteiger partial charge < -0.3 is 40.9 Å². The average molecular weight is 1950 g/mol. The SMILES string of the molecule is CC(C)(C)c1cc(C=Nc2ccccc2N=Cc2cc(C(c3ccc([O-])c(C=Nc4ccccc4N=Cc4cc(C(C)(C)C)cc(C(C)(C)C)c4[O-])c3)(c3ccc([O-])c(C=Nc4ccccc4N=Cc4cc(C(C)(C)C)cc(C(C)(C)C)c4[O-])c3)c3ccc([O-])c(C=Nc4ccccc4N=Cc4cc(C(C)(C)C)cc(C(C)(C)C)c4[O-])c3)ccc2[O-])c([O-])c(C(C)(C)C)c1.[Ni+2].[Ni+2].[Ni+2].[Ni+2]. The number of hydrogen-bond donors (Lipinski definition) is 0. The smallest absolute Gasteiger partial charge is 0.872 e. The minimum absolute atomic E-state index is 0. The molecule has 0 aromatic heterocycles. The van der Waals surface area contributed by atoms with Gasteiger partial charge in [0.25, 0.3) is 0 Å². The van der Waals surface area contributed by atoms with E-state index in [0.717, 1.165) is 22.3 Å². The Bertz CT molecular complexity index is 5740. The fraction of sp³-hybridized carbons (Fsp3) is 0.292. The maximum absolute atomic E-state index is 15.0. The van der Waals surface area contributed by atoms with Gasteiger partial charge in [-0.25, -0.2) is 0 Å². The van der Waals surface area contributed by atoms with Crippen molar-refractivity contribution in [1.82, 2.24) is 0 Å². The molecule has 16 nitrogen and oxygen atoms in total. The molecular formula is C113H116N8Ni4O8. The molecule has 0 aliphatic rings. The molecular weight excluding hydrogens is 1830 g/mol. The first-order chi connectivity index (χ1) is 60.3. The zero-order valence-electron chi connectivity index (χ0n) is 80.0. The second kappa shape index (κ2) is 41.9. The molecule has 0 spiro atoms. The first-order valence-corrected chi connectivity index (χ1v) is 43.7. The molecule has 20 heteroatoms. The Balaban J connectivity index is 0.00000544. The molecule has 0 unspecified atom stereocenters. The number of hydrogen-bond acceptors (Lipinski definition) is 16. The molecule has 133 heavy (non-hydrogen) atoms. The van der Waals surface area contributed by atoms with Crippen molar-refractivity contribution >= 4 is 95.2 Å². The summed E-state index contributed by atoms with van der Waals surface area (Å²) in [6, 6.07) is 63.1. The normalized spacial score (nSPS) is 13.2. The Morgan fingerprint density at radius 1 is 0.173 bits per heavy atom. The predicted molar refractivity (Wildman–Crippen MR) is 519 cm³/mol. The summed E-state index contributed by atoms with van der Waals surface area (Å²) in [5.74, 6) is -2.33. The summed E-state index contributed by atoms with van der Waals surface area (Å²) in [7, 11) is 0. The van der Waals surface area contributed by atoms with Gasteiger partial charge in [-0.05, 0) is 227 Å². The fourth-order valence-electron chi connectivity index (χ4n) is 15.3. The van der Waals surface area contributed by atoms with Gasteiger partial charge in [-0.3, -0.25) is 39.9 Å². The summed E-state index contributed by atoms with van der Waals surface area (Å²) in [6.07, 6.45) is 12.1. The van der Waals surface area contributed by atoms with Crippen molar-refractivity contribution in [2.75, 3.05) is 0 Å². The van der Waals surface area contributed by atoms with E-state index in [1.807, 2.05) is 156 Å².